The minimum Gasteiger partial charge on any atom is -0.468 e. The van der Waals surface area contributed by atoms with Gasteiger partial charge in [-0.1, -0.05) is 6.07 Å². The summed E-state index contributed by atoms with van der Waals surface area (Å²) in [6, 6.07) is 5.24. The lowest BCUT2D eigenvalue weighted by Gasteiger charge is -2.08. The summed E-state index contributed by atoms with van der Waals surface area (Å²) in [5.74, 6) is 0.540. The van der Waals surface area contributed by atoms with Crippen molar-refractivity contribution in [2.45, 2.75) is 6.92 Å². The number of nitrogens with two attached hydrogens (primary N) is 1. The molecule has 5 nitrogen and oxygen atoms in total. The fraction of sp³-hybridized carbons (Fsp3) is 0.385. The number of nitrogens with one attached hydrogen (secondary N) is 1. The molecule has 0 bridgehead atoms. The largest absolute Gasteiger partial charge is 0.468 e. The number of aryl methyl sites for hydroxylation is 1. The van der Waals surface area contributed by atoms with E-state index in [0.29, 0.717) is 29.3 Å². The Balaban J connectivity index is 2.35. The molecule has 104 valence electrons. The average molecular weight is 282 g/mol. The molecule has 0 fully saturated rings. The van der Waals surface area contributed by atoms with Gasteiger partial charge in [0.2, 0.25) is 0 Å². The second-order valence-electron chi connectivity index (χ2n) is 3.96. The Bertz CT molecular complexity index is 463. The van der Waals surface area contributed by atoms with E-state index in [1.54, 1.807) is 12.1 Å². The van der Waals surface area contributed by atoms with Crippen molar-refractivity contribution in [3.8, 4) is 0 Å². The zero-order valence-corrected chi connectivity index (χ0v) is 11.9. The number of nitrogen functional groups attached to an aromatic ring is 1. The van der Waals surface area contributed by atoms with Crippen molar-refractivity contribution >= 4 is 29.3 Å². The fourth-order valence-electron chi connectivity index (χ4n) is 1.43. The number of hydrogen-bond donors (Lipinski definition) is 2. The van der Waals surface area contributed by atoms with Crippen LogP contribution in [0, 0.1) is 6.92 Å². The number of hydrogen-bond acceptors (Lipinski definition) is 5. The Hall–Kier alpha value is -1.69. The molecule has 0 aliphatic rings. The second kappa shape index (κ2) is 7.68. The van der Waals surface area contributed by atoms with Crippen LogP contribution in [0.3, 0.4) is 0 Å². The number of benzene rings is 1. The molecule has 0 aliphatic carbocycles. The Kier molecular flexibility index (Phi) is 6.21. The van der Waals surface area contributed by atoms with Crippen LogP contribution in [0.15, 0.2) is 18.2 Å². The lowest BCUT2D eigenvalue weighted by Crippen LogP contribution is -2.26. The normalized spacial score (nSPS) is 10.0. The van der Waals surface area contributed by atoms with Crippen LogP contribution in [-0.2, 0) is 9.53 Å². The monoisotopic (exact) mass is 282 g/mol. The van der Waals surface area contributed by atoms with E-state index in [1.165, 1.54) is 18.9 Å². The van der Waals surface area contributed by atoms with Crippen LogP contribution in [0.4, 0.5) is 5.69 Å². The van der Waals surface area contributed by atoms with Crippen molar-refractivity contribution in [3.63, 3.8) is 0 Å². The smallest absolute Gasteiger partial charge is 0.315 e. The molecule has 0 heterocycles. The molecule has 1 rings (SSSR count). The van der Waals surface area contributed by atoms with Gasteiger partial charge in [-0.2, -0.15) is 0 Å². The highest BCUT2D eigenvalue weighted by Gasteiger charge is 2.08. The van der Waals surface area contributed by atoms with E-state index in [4.69, 9.17) is 5.73 Å². The van der Waals surface area contributed by atoms with Gasteiger partial charge in [0.05, 0.1) is 12.9 Å². The lowest BCUT2D eigenvalue weighted by molar-refractivity contribution is -0.137. The zero-order chi connectivity index (χ0) is 14.3. The summed E-state index contributed by atoms with van der Waals surface area (Å²) in [6.07, 6.45) is 0. The van der Waals surface area contributed by atoms with Crippen molar-refractivity contribution in [2.75, 3.05) is 30.9 Å². The van der Waals surface area contributed by atoms with E-state index in [-0.39, 0.29) is 11.9 Å². The van der Waals surface area contributed by atoms with E-state index in [9.17, 15) is 9.59 Å². The van der Waals surface area contributed by atoms with Gasteiger partial charge in [-0.05, 0) is 24.6 Å². The van der Waals surface area contributed by atoms with Gasteiger partial charge in [0, 0.05) is 23.5 Å². The molecule has 3 N–H and O–H groups in total. The van der Waals surface area contributed by atoms with Crippen molar-refractivity contribution < 1.29 is 14.3 Å². The van der Waals surface area contributed by atoms with Crippen LogP contribution in [0.2, 0.25) is 0 Å². The molecule has 0 saturated carbocycles. The van der Waals surface area contributed by atoms with Gasteiger partial charge in [0.15, 0.2) is 0 Å². The van der Waals surface area contributed by atoms with E-state index < -0.39 is 0 Å². The highest BCUT2D eigenvalue weighted by Crippen LogP contribution is 2.12. The summed E-state index contributed by atoms with van der Waals surface area (Å²) in [5.41, 5.74) is 7.69. The predicted octanol–water partition coefficient (Wildman–Crippen LogP) is 1.21. The summed E-state index contributed by atoms with van der Waals surface area (Å²) in [7, 11) is 1.35. The van der Waals surface area contributed by atoms with E-state index in [2.05, 4.69) is 10.1 Å². The highest BCUT2D eigenvalue weighted by molar-refractivity contribution is 7.99. The summed E-state index contributed by atoms with van der Waals surface area (Å²) in [5, 5.41) is 2.79. The number of thioether (sulfide) groups is 1. The standard InChI is InChI=1S/C13H18N2O3S/c1-9-3-4-10(14)7-11(9)13(17)15-5-6-19-8-12(16)18-2/h3-4,7H,5-6,8,14H2,1-2H3,(H,15,17). The van der Waals surface area contributed by atoms with Crippen LogP contribution in [0.25, 0.3) is 0 Å². The molecule has 0 atom stereocenters. The SMILES string of the molecule is COC(=O)CSCCNC(=O)c1cc(N)ccc1C. The number of amides is 1. The third kappa shape index (κ3) is 5.21. The number of carbonyl (C=O) groups excluding carboxylic acids is 2. The second-order valence-corrected chi connectivity index (χ2v) is 5.06. The number of methoxy groups -OCH3 is 1. The third-order valence-corrected chi connectivity index (χ3v) is 3.42. The minimum absolute atomic E-state index is 0.150. The van der Waals surface area contributed by atoms with E-state index in [0.717, 1.165) is 5.56 Å². The number of esters is 1. The molecule has 0 saturated heterocycles. The molecule has 19 heavy (non-hydrogen) atoms. The third-order valence-electron chi connectivity index (χ3n) is 2.49. The quantitative estimate of drug-likeness (QED) is 0.466. The Morgan fingerprint density at radius 3 is 2.84 bits per heavy atom. The maximum atomic E-state index is 11.9. The molecule has 0 unspecified atom stereocenters. The van der Waals surface area contributed by atoms with Gasteiger partial charge in [-0.15, -0.1) is 11.8 Å². The van der Waals surface area contributed by atoms with E-state index >= 15 is 0 Å². The molecule has 6 heteroatoms. The molecule has 0 aromatic heterocycles. The van der Waals surface area contributed by atoms with E-state index in [1.807, 2.05) is 13.0 Å². The lowest BCUT2D eigenvalue weighted by atomic mass is 10.1. The number of carbonyl (C=O) groups is 2. The van der Waals surface area contributed by atoms with Gasteiger partial charge in [0.25, 0.3) is 5.91 Å². The topological polar surface area (TPSA) is 81.4 Å². The molecule has 1 aromatic rings. The van der Waals surface area contributed by atoms with Gasteiger partial charge in [0.1, 0.15) is 0 Å². The number of rotatable bonds is 6. The van der Waals surface area contributed by atoms with Crippen molar-refractivity contribution in [3.05, 3.63) is 29.3 Å². The van der Waals surface area contributed by atoms with Gasteiger partial charge < -0.3 is 15.8 Å². The highest BCUT2D eigenvalue weighted by atomic mass is 32.2. The van der Waals surface area contributed by atoms with Gasteiger partial charge in [-0.25, -0.2) is 0 Å². The maximum absolute atomic E-state index is 11.9. The zero-order valence-electron chi connectivity index (χ0n) is 11.1. The van der Waals surface area contributed by atoms with Crippen molar-refractivity contribution in [1.82, 2.24) is 5.32 Å². The Morgan fingerprint density at radius 2 is 2.16 bits per heavy atom. The minimum atomic E-state index is -0.261. The van der Waals surface area contributed by atoms with Gasteiger partial charge in [-0.3, -0.25) is 9.59 Å². The Labute approximate surface area is 116 Å². The summed E-state index contributed by atoms with van der Waals surface area (Å²) in [4.78, 5) is 22.8. The first-order valence-electron chi connectivity index (χ1n) is 5.83. The fourth-order valence-corrected chi connectivity index (χ4v) is 2.11. The first-order chi connectivity index (χ1) is 9.04. The van der Waals surface area contributed by atoms with Crippen LogP contribution in [-0.4, -0.2) is 37.0 Å². The first kappa shape index (κ1) is 15.4. The van der Waals surface area contributed by atoms with Crippen molar-refractivity contribution in [1.29, 1.82) is 0 Å². The molecule has 1 aromatic carbocycles. The molecular formula is C13H18N2O3S. The van der Waals surface area contributed by atoms with Crippen LogP contribution in [0.5, 0.6) is 0 Å². The molecule has 0 spiro atoms. The van der Waals surface area contributed by atoms with Crippen molar-refractivity contribution in [2.24, 2.45) is 0 Å². The predicted molar refractivity (Wildman–Crippen MR) is 77.3 cm³/mol. The first-order valence-corrected chi connectivity index (χ1v) is 6.99. The van der Waals surface area contributed by atoms with Gasteiger partial charge >= 0.3 is 5.97 Å². The summed E-state index contributed by atoms with van der Waals surface area (Å²) >= 11 is 1.42. The average Bonchev–Trinajstić information content (AvgIpc) is 2.40. The van der Waals surface area contributed by atoms with Crippen LogP contribution >= 0.6 is 11.8 Å². The van der Waals surface area contributed by atoms with Crippen LogP contribution in [0.1, 0.15) is 15.9 Å². The Morgan fingerprint density at radius 1 is 1.42 bits per heavy atom. The molecule has 0 radical (unpaired) electrons. The maximum Gasteiger partial charge on any atom is 0.315 e. The molecule has 0 aliphatic heterocycles. The molecule has 1 amide bonds. The summed E-state index contributed by atoms with van der Waals surface area (Å²) < 4.78 is 4.52. The summed E-state index contributed by atoms with van der Waals surface area (Å²) in [6.45, 7) is 2.36. The van der Waals surface area contributed by atoms with Crippen LogP contribution < -0.4 is 11.1 Å². The molecular weight excluding hydrogens is 264 g/mol. The number of anilines is 1. The number of ether oxygens (including phenoxy) is 1.